The topological polar surface area (TPSA) is 52.6 Å². The molecule has 0 aromatic heterocycles. The molecule has 138 valence electrons. The van der Waals surface area contributed by atoms with Crippen molar-refractivity contribution in [1.82, 2.24) is 0 Å². The molecule has 1 saturated carbocycles. The molecule has 1 aliphatic rings. The van der Waals surface area contributed by atoms with Gasteiger partial charge < -0.3 is 9.47 Å². The molecule has 6 heteroatoms. The summed E-state index contributed by atoms with van der Waals surface area (Å²) in [6.07, 6.45) is 2.93. The van der Waals surface area contributed by atoms with E-state index in [2.05, 4.69) is 20.8 Å². The fourth-order valence-electron chi connectivity index (χ4n) is 3.31. The van der Waals surface area contributed by atoms with Crippen LogP contribution in [0.4, 0.5) is 0 Å². The van der Waals surface area contributed by atoms with Gasteiger partial charge >= 0.3 is 11.9 Å². The number of hydrogen-bond donors (Lipinski definition) is 0. The molecule has 3 atom stereocenters. The lowest BCUT2D eigenvalue weighted by Crippen LogP contribution is -2.36. The molecular weight excluding hydrogens is 363 g/mol. The van der Waals surface area contributed by atoms with Gasteiger partial charge in [-0.2, -0.15) is 0 Å². The van der Waals surface area contributed by atoms with Crippen molar-refractivity contribution in [1.29, 1.82) is 0 Å². The zero-order valence-corrected chi connectivity index (χ0v) is 16.3. The monoisotopic (exact) mass is 386 g/mol. The second-order valence-corrected chi connectivity index (χ2v) is 7.90. The van der Waals surface area contributed by atoms with Crippen LogP contribution in [0.25, 0.3) is 0 Å². The highest BCUT2D eigenvalue weighted by Crippen LogP contribution is 2.35. The molecule has 3 unspecified atom stereocenters. The standard InChI is InChI=1S/C19H24Cl2O4/c1-11(2)14-6-4-12(3)8-17(14)25-18(22)10-24-19(23)15-9-13(20)5-7-16(15)21/h5,7,9,11-12,14,17H,4,6,8,10H2,1-3H3. The second-order valence-electron chi connectivity index (χ2n) is 7.05. The van der Waals surface area contributed by atoms with E-state index in [4.69, 9.17) is 32.7 Å². The number of halogens is 2. The molecular formula is C19H24Cl2O4. The van der Waals surface area contributed by atoms with Crippen molar-refractivity contribution in [2.45, 2.75) is 46.1 Å². The molecule has 4 nitrogen and oxygen atoms in total. The van der Waals surface area contributed by atoms with Gasteiger partial charge in [-0.25, -0.2) is 9.59 Å². The minimum absolute atomic E-state index is 0.121. The number of carbonyl (C=O) groups excluding carboxylic acids is 2. The first-order valence-corrected chi connectivity index (χ1v) is 9.35. The Hall–Kier alpha value is -1.26. The van der Waals surface area contributed by atoms with E-state index in [0.29, 0.717) is 22.8 Å². The molecule has 0 bridgehead atoms. The number of ether oxygens (including phenoxy) is 2. The lowest BCUT2D eigenvalue weighted by Gasteiger charge is -2.36. The summed E-state index contributed by atoms with van der Waals surface area (Å²) < 4.78 is 10.6. The molecule has 1 aromatic carbocycles. The van der Waals surface area contributed by atoms with Gasteiger partial charge in [-0.3, -0.25) is 0 Å². The summed E-state index contributed by atoms with van der Waals surface area (Å²) >= 11 is 11.8. The highest BCUT2D eigenvalue weighted by atomic mass is 35.5. The molecule has 0 saturated heterocycles. The summed E-state index contributed by atoms with van der Waals surface area (Å²) in [7, 11) is 0. The first-order valence-electron chi connectivity index (χ1n) is 8.59. The minimum Gasteiger partial charge on any atom is -0.460 e. The predicted molar refractivity (Wildman–Crippen MR) is 98.0 cm³/mol. The molecule has 25 heavy (non-hydrogen) atoms. The van der Waals surface area contributed by atoms with E-state index in [9.17, 15) is 9.59 Å². The summed E-state index contributed by atoms with van der Waals surface area (Å²) in [6.45, 7) is 6.02. The first kappa shape index (κ1) is 20.1. The van der Waals surface area contributed by atoms with Crippen molar-refractivity contribution in [2.75, 3.05) is 6.61 Å². The Bertz CT molecular complexity index is 630. The van der Waals surface area contributed by atoms with Gasteiger partial charge in [0.1, 0.15) is 6.10 Å². The highest BCUT2D eigenvalue weighted by Gasteiger charge is 2.33. The van der Waals surface area contributed by atoms with E-state index in [1.165, 1.54) is 12.1 Å². The van der Waals surface area contributed by atoms with E-state index >= 15 is 0 Å². The van der Waals surface area contributed by atoms with Gasteiger partial charge in [0.2, 0.25) is 0 Å². The normalized spacial score (nSPS) is 23.4. The molecule has 0 radical (unpaired) electrons. The Labute approximate surface area is 158 Å². The van der Waals surface area contributed by atoms with Crippen molar-refractivity contribution >= 4 is 35.1 Å². The Morgan fingerprint density at radius 1 is 1.24 bits per heavy atom. The van der Waals surface area contributed by atoms with E-state index in [-0.39, 0.29) is 16.7 Å². The molecule has 0 N–H and O–H groups in total. The molecule has 1 aromatic rings. The largest absolute Gasteiger partial charge is 0.460 e. The van der Waals surface area contributed by atoms with Crippen molar-refractivity contribution in [3.05, 3.63) is 33.8 Å². The fourth-order valence-corrected chi connectivity index (χ4v) is 3.68. The van der Waals surface area contributed by atoms with Crippen LogP contribution in [-0.4, -0.2) is 24.6 Å². The maximum atomic E-state index is 12.1. The summed E-state index contributed by atoms with van der Waals surface area (Å²) in [5.41, 5.74) is 0.133. The van der Waals surface area contributed by atoms with Gasteiger partial charge in [-0.05, 0) is 48.8 Å². The van der Waals surface area contributed by atoms with E-state index in [0.717, 1.165) is 19.3 Å². The van der Waals surface area contributed by atoms with Crippen LogP contribution in [0.1, 0.15) is 50.4 Å². The highest BCUT2D eigenvalue weighted by molar-refractivity contribution is 6.35. The quantitative estimate of drug-likeness (QED) is 0.656. The zero-order valence-electron chi connectivity index (χ0n) is 14.8. The van der Waals surface area contributed by atoms with Crippen LogP contribution in [-0.2, 0) is 14.3 Å². The third-order valence-electron chi connectivity index (χ3n) is 4.71. The Balaban J connectivity index is 1.91. The molecule has 1 fully saturated rings. The summed E-state index contributed by atoms with van der Waals surface area (Å²) in [4.78, 5) is 24.2. The lowest BCUT2D eigenvalue weighted by atomic mass is 9.75. The number of hydrogen-bond acceptors (Lipinski definition) is 4. The summed E-state index contributed by atoms with van der Waals surface area (Å²) in [5.74, 6) is 0.0927. The average molecular weight is 387 g/mol. The predicted octanol–water partition coefficient (Wildman–Crippen LogP) is 5.15. The average Bonchev–Trinajstić information content (AvgIpc) is 2.54. The van der Waals surface area contributed by atoms with Crippen LogP contribution in [0.2, 0.25) is 10.0 Å². The smallest absolute Gasteiger partial charge is 0.344 e. The molecule has 2 rings (SSSR count). The molecule has 0 aliphatic heterocycles. The van der Waals surface area contributed by atoms with Crippen LogP contribution < -0.4 is 0 Å². The molecule has 1 aliphatic carbocycles. The van der Waals surface area contributed by atoms with E-state index in [1.54, 1.807) is 6.07 Å². The molecule has 0 amide bonds. The van der Waals surface area contributed by atoms with Gasteiger partial charge in [0.25, 0.3) is 0 Å². The van der Waals surface area contributed by atoms with Crippen molar-refractivity contribution in [2.24, 2.45) is 17.8 Å². The number of rotatable bonds is 5. The van der Waals surface area contributed by atoms with Gasteiger partial charge in [-0.15, -0.1) is 0 Å². The SMILES string of the molecule is CC1CCC(C(C)C)C(OC(=O)COC(=O)c2cc(Cl)ccc2Cl)C1. The zero-order chi connectivity index (χ0) is 18.6. The summed E-state index contributed by atoms with van der Waals surface area (Å²) in [5, 5.41) is 0.596. The Morgan fingerprint density at radius 3 is 2.64 bits per heavy atom. The van der Waals surface area contributed by atoms with Gasteiger partial charge in [-0.1, -0.05) is 50.4 Å². The van der Waals surface area contributed by atoms with E-state index < -0.39 is 18.5 Å². The second kappa shape index (κ2) is 8.91. The van der Waals surface area contributed by atoms with Crippen molar-refractivity contribution in [3.63, 3.8) is 0 Å². The third kappa shape index (κ3) is 5.61. The molecule has 0 spiro atoms. The van der Waals surface area contributed by atoms with Gasteiger partial charge in [0, 0.05) is 5.02 Å². The maximum absolute atomic E-state index is 12.1. The minimum atomic E-state index is -0.693. The van der Waals surface area contributed by atoms with Gasteiger partial charge in [0.15, 0.2) is 6.61 Å². The maximum Gasteiger partial charge on any atom is 0.344 e. The van der Waals surface area contributed by atoms with Crippen LogP contribution >= 0.6 is 23.2 Å². The van der Waals surface area contributed by atoms with Crippen LogP contribution in [0.3, 0.4) is 0 Å². The third-order valence-corrected chi connectivity index (χ3v) is 5.28. The van der Waals surface area contributed by atoms with Gasteiger partial charge in [0.05, 0.1) is 10.6 Å². The number of carbonyl (C=O) groups is 2. The number of benzene rings is 1. The van der Waals surface area contributed by atoms with Crippen molar-refractivity contribution in [3.8, 4) is 0 Å². The lowest BCUT2D eigenvalue weighted by molar-refractivity contribution is -0.159. The number of esters is 2. The Kier molecular flexibility index (Phi) is 7.14. The summed E-state index contributed by atoms with van der Waals surface area (Å²) in [6, 6.07) is 4.50. The van der Waals surface area contributed by atoms with Crippen LogP contribution in [0.5, 0.6) is 0 Å². The first-order chi connectivity index (χ1) is 11.8. The van der Waals surface area contributed by atoms with Crippen molar-refractivity contribution < 1.29 is 19.1 Å². The Morgan fingerprint density at radius 2 is 1.96 bits per heavy atom. The van der Waals surface area contributed by atoms with E-state index in [1.807, 2.05) is 0 Å². The van der Waals surface area contributed by atoms with Crippen LogP contribution in [0.15, 0.2) is 18.2 Å². The molecule has 0 heterocycles. The van der Waals surface area contributed by atoms with Crippen LogP contribution in [0, 0.1) is 17.8 Å². The fraction of sp³-hybridized carbons (Fsp3) is 0.579.